The summed E-state index contributed by atoms with van der Waals surface area (Å²) >= 11 is 6.71. The number of hydrogen-bond donors (Lipinski definition) is 2. The number of carbonyl (C=O) groups excluding carboxylic acids is 2. The number of imidazole rings is 2. The average molecular weight is 711 g/mol. The molecule has 2 aromatic heterocycles. The molecule has 11 heteroatoms. The summed E-state index contributed by atoms with van der Waals surface area (Å²) in [4.78, 5) is 46.5. The third-order valence-corrected chi connectivity index (χ3v) is 10.1. The first-order valence-corrected chi connectivity index (χ1v) is 18.3. The first kappa shape index (κ1) is 34.9. The highest BCUT2D eigenvalue weighted by Gasteiger charge is 2.41. The van der Waals surface area contributed by atoms with Gasteiger partial charge in [0.15, 0.2) is 0 Å². The van der Waals surface area contributed by atoms with Crippen molar-refractivity contribution in [2.75, 3.05) is 0 Å². The van der Waals surface area contributed by atoms with Crippen LogP contribution in [0.15, 0.2) is 54.6 Å². The molecule has 2 fully saturated rings. The van der Waals surface area contributed by atoms with Crippen molar-refractivity contribution in [3.8, 4) is 22.4 Å². The number of H-pyrrole nitrogens is 2. The van der Waals surface area contributed by atoms with Gasteiger partial charge in [-0.1, -0.05) is 54.1 Å². The van der Waals surface area contributed by atoms with Crippen LogP contribution < -0.4 is 0 Å². The Morgan fingerprint density at radius 1 is 0.706 bits per heavy atom. The van der Waals surface area contributed by atoms with E-state index in [9.17, 15) is 9.59 Å². The Kier molecular flexibility index (Phi) is 8.81. The van der Waals surface area contributed by atoms with E-state index in [1.165, 1.54) is 0 Å². The quantitative estimate of drug-likeness (QED) is 0.192. The van der Waals surface area contributed by atoms with Crippen LogP contribution in [0.3, 0.4) is 0 Å². The summed E-state index contributed by atoms with van der Waals surface area (Å²) in [6.07, 6.45) is 2.71. The van der Waals surface area contributed by atoms with Gasteiger partial charge in [0.05, 0.1) is 23.1 Å². The van der Waals surface area contributed by atoms with Gasteiger partial charge in [-0.3, -0.25) is 9.80 Å². The molecule has 4 heterocycles. The molecule has 268 valence electrons. The number of nitrogens with one attached hydrogen (secondary N) is 2. The van der Waals surface area contributed by atoms with Crippen LogP contribution in [0.1, 0.15) is 105 Å². The summed E-state index contributed by atoms with van der Waals surface area (Å²) in [5.74, 6) is 1.45. The number of likely N-dealkylation sites (tertiary alicyclic amines) is 2. The van der Waals surface area contributed by atoms with Crippen LogP contribution in [-0.4, -0.2) is 65.2 Å². The van der Waals surface area contributed by atoms with E-state index in [1.54, 1.807) is 4.90 Å². The topological polar surface area (TPSA) is 116 Å². The molecule has 4 unspecified atom stereocenters. The van der Waals surface area contributed by atoms with Gasteiger partial charge in [-0.2, -0.15) is 0 Å². The molecule has 0 spiro atoms. The zero-order valence-electron chi connectivity index (χ0n) is 30.6. The number of halogens is 1. The van der Waals surface area contributed by atoms with Crippen molar-refractivity contribution in [1.82, 2.24) is 29.7 Å². The maximum Gasteiger partial charge on any atom is 0.411 e. The number of nitrogens with zero attached hydrogens (tertiary/aromatic N) is 4. The van der Waals surface area contributed by atoms with Crippen LogP contribution in [-0.2, 0) is 9.47 Å². The lowest BCUT2D eigenvalue weighted by atomic mass is 9.99. The first-order valence-electron chi connectivity index (χ1n) is 17.9. The molecule has 10 nitrogen and oxygen atoms in total. The zero-order valence-corrected chi connectivity index (χ0v) is 31.4. The predicted molar refractivity (Wildman–Crippen MR) is 201 cm³/mol. The fraction of sp³-hybridized carbons (Fsp3) is 0.450. The van der Waals surface area contributed by atoms with E-state index in [1.807, 2.05) is 65.5 Å². The minimum absolute atomic E-state index is 0.0372. The Morgan fingerprint density at radius 2 is 1.24 bits per heavy atom. The maximum atomic E-state index is 13.1. The van der Waals surface area contributed by atoms with E-state index < -0.39 is 11.2 Å². The molecule has 2 N–H and O–H groups in total. The number of benzene rings is 3. The van der Waals surface area contributed by atoms with Gasteiger partial charge in [0.1, 0.15) is 33.7 Å². The lowest BCUT2D eigenvalue weighted by Crippen LogP contribution is -2.40. The van der Waals surface area contributed by atoms with Crippen molar-refractivity contribution < 1.29 is 19.1 Å². The number of fused-ring (bicyclic) bond motifs is 3. The minimum Gasteiger partial charge on any atom is -0.444 e. The second-order valence-corrected chi connectivity index (χ2v) is 16.4. The average Bonchev–Trinajstić information content (AvgIpc) is 3.83. The summed E-state index contributed by atoms with van der Waals surface area (Å²) < 4.78 is 11.5. The van der Waals surface area contributed by atoms with Crippen LogP contribution in [0.5, 0.6) is 0 Å². The summed E-state index contributed by atoms with van der Waals surface area (Å²) in [5, 5.41) is 2.56. The SMILES string of the molecule is CC1CCC(c2nc(-c3ccc(-c4ccc5c(ccc6[nH]c(C7CCC(C)N7C(=O)OC(C)(C)C)nc65)c4)cc3)c(Cl)[nH]2)N1C(=O)OC(C)(C)C. The highest BCUT2D eigenvalue weighted by molar-refractivity contribution is 6.32. The van der Waals surface area contributed by atoms with Crippen molar-refractivity contribution in [2.45, 2.75) is 116 Å². The molecule has 3 aromatic carbocycles. The van der Waals surface area contributed by atoms with Crippen molar-refractivity contribution in [3.63, 3.8) is 0 Å². The molecular formula is C40H47ClN6O4. The third-order valence-electron chi connectivity index (χ3n) is 9.83. The maximum absolute atomic E-state index is 13.1. The van der Waals surface area contributed by atoms with E-state index in [2.05, 4.69) is 59.4 Å². The summed E-state index contributed by atoms with van der Waals surface area (Å²) in [7, 11) is 0. The standard InChI is InChI=1S/C40H47ClN6O4/c1-22-9-19-30(46(22)37(48)50-39(3,4)5)35-42-29-18-16-27-21-26(15-17-28(27)33(29)44-35)24-11-13-25(14-12-24)32-34(41)45-36(43-32)31-20-10-23(2)47(31)38(49)51-40(6,7)8/h11-18,21-23,30-31H,9-10,19-20H2,1-8H3,(H,42,44)(H,43,45). The number of amides is 2. The number of aromatic nitrogens is 4. The molecule has 2 saturated heterocycles. The summed E-state index contributed by atoms with van der Waals surface area (Å²) in [6.45, 7) is 15.4. The van der Waals surface area contributed by atoms with Crippen LogP contribution >= 0.6 is 11.6 Å². The third kappa shape index (κ3) is 6.90. The molecule has 4 atom stereocenters. The summed E-state index contributed by atoms with van der Waals surface area (Å²) in [6, 6.07) is 18.5. The number of ether oxygens (including phenoxy) is 2. The highest BCUT2D eigenvalue weighted by Crippen LogP contribution is 2.40. The molecule has 5 aromatic rings. The van der Waals surface area contributed by atoms with Crippen LogP contribution in [0.25, 0.3) is 44.2 Å². The molecule has 7 rings (SSSR count). The van der Waals surface area contributed by atoms with Gasteiger partial charge >= 0.3 is 12.2 Å². The highest BCUT2D eigenvalue weighted by atomic mass is 35.5. The first-order chi connectivity index (χ1) is 24.1. The Bertz CT molecular complexity index is 2110. The van der Waals surface area contributed by atoms with Gasteiger partial charge in [-0.05, 0) is 110 Å². The van der Waals surface area contributed by atoms with E-state index in [0.29, 0.717) is 16.7 Å². The predicted octanol–water partition coefficient (Wildman–Crippen LogP) is 10.3. The van der Waals surface area contributed by atoms with Crippen molar-refractivity contribution >= 4 is 45.6 Å². The summed E-state index contributed by atoms with van der Waals surface area (Å²) in [5.41, 5.74) is 4.35. The largest absolute Gasteiger partial charge is 0.444 e. The van der Waals surface area contributed by atoms with Gasteiger partial charge in [-0.25, -0.2) is 19.6 Å². The Balaban J connectivity index is 1.12. The number of rotatable bonds is 4. The van der Waals surface area contributed by atoms with E-state index in [-0.39, 0.29) is 36.4 Å². The van der Waals surface area contributed by atoms with E-state index >= 15 is 0 Å². The molecule has 0 bridgehead atoms. The van der Waals surface area contributed by atoms with Crippen LogP contribution in [0.2, 0.25) is 5.15 Å². The fourth-order valence-corrected chi connectivity index (χ4v) is 7.69. The second kappa shape index (κ2) is 12.9. The molecule has 0 radical (unpaired) electrons. The van der Waals surface area contributed by atoms with Gasteiger partial charge < -0.3 is 19.4 Å². The molecule has 2 aliphatic rings. The monoisotopic (exact) mass is 710 g/mol. The second-order valence-electron chi connectivity index (χ2n) is 16.0. The Morgan fingerprint density at radius 3 is 1.80 bits per heavy atom. The molecule has 0 aliphatic carbocycles. The Labute approximate surface area is 303 Å². The van der Waals surface area contributed by atoms with Crippen LogP contribution in [0, 0.1) is 0 Å². The van der Waals surface area contributed by atoms with Gasteiger partial charge in [-0.15, -0.1) is 0 Å². The Hall–Kier alpha value is -4.57. The number of hydrogen-bond acceptors (Lipinski definition) is 6. The molecule has 51 heavy (non-hydrogen) atoms. The number of aromatic amines is 2. The lowest BCUT2D eigenvalue weighted by molar-refractivity contribution is 0.0141. The van der Waals surface area contributed by atoms with Crippen LogP contribution in [0.4, 0.5) is 9.59 Å². The molecule has 0 saturated carbocycles. The normalized spacial score (nSPS) is 21.2. The van der Waals surface area contributed by atoms with E-state index in [0.717, 1.165) is 70.0 Å². The van der Waals surface area contributed by atoms with Crippen molar-refractivity contribution in [2.24, 2.45) is 0 Å². The van der Waals surface area contributed by atoms with Crippen molar-refractivity contribution in [1.29, 1.82) is 0 Å². The smallest absolute Gasteiger partial charge is 0.411 e. The minimum atomic E-state index is -0.585. The zero-order chi connectivity index (χ0) is 36.4. The fourth-order valence-electron chi connectivity index (χ4n) is 7.45. The lowest BCUT2D eigenvalue weighted by Gasteiger charge is -2.30. The van der Waals surface area contributed by atoms with Gasteiger partial charge in [0.25, 0.3) is 0 Å². The molecule has 2 aliphatic heterocycles. The molecule has 2 amide bonds. The van der Waals surface area contributed by atoms with Gasteiger partial charge in [0.2, 0.25) is 0 Å². The molecular weight excluding hydrogens is 664 g/mol. The van der Waals surface area contributed by atoms with Gasteiger partial charge in [0, 0.05) is 23.0 Å². The van der Waals surface area contributed by atoms with Crippen molar-refractivity contribution in [3.05, 3.63) is 71.4 Å². The number of carbonyl (C=O) groups is 2. The van der Waals surface area contributed by atoms with E-state index in [4.69, 9.17) is 31.0 Å².